The number of halogens is 1. The summed E-state index contributed by atoms with van der Waals surface area (Å²) in [5, 5.41) is 37.0. The van der Waals surface area contributed by atoms with E-state index in [-0.39, 0.29) is 13.2 Å². The second kappa shape index (κ2) is 12.5. The van der Waals surface area contributed by atoms with Crippen molar-refractivity contribution in [3.63, 3.8) is 0 Å². The molecule has 0 bridgehead atoms. The van der Waals surface area contributed by atoms with Crippen molar-refractivity contribution in [3.05, 3.63) is 62.4 Å². The topological polar surface area (TPSA) is 118 Å². The lowest BCUT2D eigenvalue weighted by Crippen LogP contribution is -2.55. The molecule has 4 rings (SSSR count). The summed E-state index contributed by atoms with van der Waals surface area (Å²) in [5.74, 6) is 0. The smallest absolute Gasteiger partial charge is 0.434 e. The normalized spacial score (nSPS) is 24.0. The molecule has 1 fully saturated rings. The Labute approximate surface area is 222 Å². The van der Waals surface area contributed by atoms with Crippen molar-refractivity contribution in [2.45, 2.75) is 56.7 Å². The third kappa shape index (κ3) is 6.44. The van der Waals surface area contributed by atoms with Gasteiger partial charge < -0.3 is 29.5 Å². The number of rotatable bonds is 9. The highest BCUT2D eigenvalue weighted by molar-refractivity contribution is 7.15. The zero-order chi connectivity index (χ0) is 25.7. The molecule has 8 nitrogen and oxygen atoms in total. The molecule has 36 heavy (non-hydrogen) atoms. The van der Waals surface area contributed by atoms with Crippen molar-refractivity contribution < 1.29 is 34.3 Å². The molecular weight excluding hydrogens is 526 g/mol. The van der Waals surface area contributed by atoms with Crippen LogP contribution in [-0.4, -0.2) is 64.1 Å². The van der Waals surface area contributed by atoms with Crippen LogP contribution in [0.1, 0.15) is 42.0 Å². The Hall–Kier alpha value is -2.05. The average Bonchev–Trinajstić information content (AvgIpc) is 3.56. The number of hydrogen-bond acceptors (Lipinski definition) is 10. The minimum Gasteiger partial charge on any atom is -0.434 e. The van der Waals surface area contributed by atoms with Crippen LogP contribution < -0.4 is 0 Å². The number of carbonyl (C=O) groups is 1. The number of nitrogens with zero attached hydrogens (tertiary/aromatic N) is 1. The van der Waals surface area contributed by atoms with Crippen molar-refractivity contribution in [2.75, 3.05) is 13.2 Å². The highest BCUT2D eigenvalue weighted by Gasteiger charge is 2.44. The van der Waals surface area contributed by atoms with Crippen molar-refractivity contribution >= 4 is 40.4 Å². The van der Waals surface area contributed by atoms with Gasteiger partial charge in [0.15, 0.2) is 0 Å². The van der Waals surface area contributed by atoms with Crippen LogP contribution in [0.2, 0.25) is 5.02 Å². The van der Waals surface area contributed by atoms with Crippen LogP contribution in [0.15, 0.2) is 41.2 Å². The summed E-state index contributed by atoms with van der Waals surface area (Å²) in [6, 6.07) is 7.23. The number of carbonyl (C=O) groups excluding carboxylic acids is 1. The van der Waals surface area contributed by atoms with Gasteiger partial charge >= 0.3 is 6.16 Å². The first-order valence-corrected chi connectivity index (χ1v) is 13.8. The fraction of sp³-hybridized carbons (Fsp3) is 0.440. The Balaban J connectivity index is 1.46. The van der Waals surface area contributed by atoms with Crippen LogP contribution in [0.4, 0.5) is 4.79 Å². The largest absolute Gasteiger partial charge is 0.508 e. The molecule has 0 saturated carbocycles. The molecule has 0 amide bonds. The van der Waals surface area contributed by atoms with Crippen LogP contribution >= 0.6 is 34.3 Å². The molecule has 3 aromatic rings. The summed E-state index contributed by atoms with van der Waals surface area (Å²) in [6.45, 7) is 1.86. The van der Waals surface area contributed by atoms with Gasteiger partial charge in [-0.2, -0.15) is 11.3 Å². The molecule has 0 radical (unpaired) electrons. The number of aliphatic hydroxyl groups is 3. The maximum atomic E-state index is 11.8. The zero-order valence-corrected chi connectivity index (χ0v) is 22.0. The van der Waals surface area contributed by atoms with Gasteiger partial charge in [-0.05, 0) is 40.4 Å². The third-order valence-corrected chi connectivity index (χ3v) is 7.99. The van der Waals surface area contributed by atoms with Crippen molar-refractivity contribution in [2.24, 2.45) is 0 Å². The monoisotopic (exact) mass is 553 g/mol. The summed E-state index contributed by atoms with van der Waals surface area (Å²) in [4.78, 5) is 17.4. The van der Waals surface area contributed by atoms with Crippen molar-refractivity contribution in [1.29, 1.82) is 0 Å². The predicted octanol–water partition coefficient (Wildman–Crippen LogP) is 4.59. The maximum absolute atomic E-state index is 11.8. The third-order valence-electron chi connectivity index (χ3n) is 5.89. The van der Waals surface area contributed by atoms with Gasteiger partial charge in [0.2, 0.25) is 0 Å². The fourth-order valence-electron chi connectivity index (χ4n) is 3.86. The van der Waals surface area contributed by atoms with E-state index in [1.165, 1.54) is 0 Å². The van der Waals surface area contributed by atoms with Gasteiger partial charge in [-0.25, -0.2) is 9.78 Å². The number of benzene rings is 1. The average molecular weight is 554 g/mol. The number of ether oxygens (including phenoxy) is 3. The van der Waals surface area contributed by atoms with E-state index >= 15 is 0 Å². The first-order valence-electron chi connectivity index (χ1n) is 11.6. The summed E-state index contributed by atoms with van der Waals surface area (Å²) in [6.07, 6.45) is -3.36. The van der Waals surface area contributed by atoms with Gasteiger partial charge in [0, 0.05) is 23.2 Å². The number of aromatic nitrogens is 1. The zero-order valence-electron chi connectivity index (χ0n) is 19.6. The fourth-order valence-corrected chi connectivity index (χ4v) is 5.71. The van der Waals surface area contributed by atoms with E-state index in [4.69, 9.17) is 25.8 Å². The van der Waals surface area contributed by atoms with E-state index in [0.29, 0.717) is 23.4 Å². The van der Waals surface area contributed by atoms with Crippen LogP contribution in [0, 0.1) is 0 Å². The molecule has 0 unspecified atom stereocenters. The number of aliphatic hydroxyl groups excluding tert-OH is 3. The Morgan fingerprint density at radius 1 is 1.17 bits per heavy atom. The lowest BCUT2D eigenvalue weighted by atomic mass is 9.90. The summed E-state index contributed by atoms with van der Waals surface area (Å²) in [7, 11) is 0. The number of thiazole rings is 1. The molecule has 2 aromatic heterocycles. The number of thiophene rings is 1. The Kier molecular flexibility index (Phi) is 9.35. The highest BCUT2D eigenvalue weighted by Crippen LogP contribution is 2.35. The molecule has 11 heteroatoms. The molecule has 194 valence electrons. The molecule has 0 aliphatic carbocycles. The van der Waals surface area contributed by atoms with E-state index in [9.17, 15) is 20.1 Å². The summed E-state index contributed by atoms with van der Waals surface area (Å²) < 4.78 is 15.9. The van der Waals surface area contributed by atoms with Crippen LogP contribution in [0.3, 0.4) is 0 Å². The number of unbranched alkanes of at least 4 members (excludes halogenated alkanes) is 1. The van der Waals surface area contributed by atoms with E-state index in [1.807, 2.05) is 24.6 Å². The predicted molar refractivity (Wildman–Crippen MR) is 138 cm³/mol. The second-order valence-corrected chi connectivity index (χ2v) is 10.8. The molecule has 1 aromatic carbocycles. The van der Waals surface area contributed by atoms with Gasteiger partial charge in [0.25, 0.3) is 0 Å². The highest BCUT2D eigenvalue weighted by atomic mass is 35.5. The quantitative estimate of drug-likeness (QED) is 0.260. The van der Waals surface area contributed by atoms with E-state index in [0.717, 1.165) is 27.4 Å². The standard InChI is InChI=1S/C25H28ClNO7S2/c1-2-3-7-32-25(31)33-12-18-21(28)22(29)23(30)24(34-18)14-4-5-17(26)16(9-14)10-20-27-11-19(36-20)15-6-8-35-13-15/h4-6,8-9,11,13,18,21-24,28-30H,2-3,7,10,12H2,1H3/t18-,21-,22+,23-,24+/m1/s1. The molecule has 3 N–H and O–H groups in total. The van der Waals surface area contributed by atoms with Gasteiger partial charge in [0.1, 0.15) is 37.1 Å². The second-order valence-electron chi connectivity index (χ2n) is 8.49. The molecule has 1 aliphatic rings. The SMILES string of the molecule is CCCCOC(=O)OC[C@H]1O[C@@H](c2ccc(Cl)c(Cc3ncc(-c4ccsc4)s3)c2)[C@H](O)[C@@H](O)[C@@H]1O. The Morgan fingerprint density at radius 3 is 2.75 bits per heavy atom. The van der Waals surface area contributed by atoms with Gasteiger partial charge in [-0.3, -0.25) is 0 Å². The van der Waals surface area contributed by atoms with Gasteiger partial charge in [0.05, 0.1) is 16.5 Å². The first-order chi connectivity index (χ1) is 17.4. The summed E-state index contributed by atoms with van der Waals surface area (Å²) >= 11 is 9.66. The van der Waals surface area contributed by atoms with Crippen LogP contribution in [0.5, 0.6) is 0 Å². The Morgan fingerprint density at radius 2 is 2.00 bits per heavy atom. The van der Waals surface area contributed by atoms with E-state index in [1.54, 1.807) is 40.9 Å². The molecule has 1 saturated heterocycles. The molecule has 3 heterocycles. The molecular formula is C25H28ClNO7S2. The lowest BCUT2D eigenvalue weighted by Gasteiger charge is -2.40. The number of hydrogen-bond donors (Lipinski definition) is 3. The molecule has 1 aliphatic heterocycles. The van der Waals surface area contributed by atoms with Gasteiger partial charge in [-0.15, -0.1) is 11.3 Å². The van der Waals surface area contributed by atoms with E-state index < -0.39 is 36.7 Å². The minimum atomic E-state index is -1.50. The van der Waals surface area contributed by atoms with Crippen molar-refractivity contribution in [1.82, 2.24) is 4.98 Å². The van der Waals surface area contributed by atoms with Crippen LogP contribution in [-0.2, 0) is 20.6 Å². The van der Waals surface area contributed by atoms with Crippen molar-refractivity contribution in [3.8, 4) is 10.4 Å². The van der Waals surface area contributed by atoms with E-state index in [2.05, 4.69) is 10.4 Å². The van der Waals surface area contributed by atoms with Crippen LogP contribution in [0.25, 0.3) is 10.4 Å². The lowest BCUT2D eigenvalue weighted by molar-refractivity contribution is -0.232. The van der Waals surface area contributed by atoms with Gasteiger partial charge in [-0.1, -0.05) is 37.1 Å². The molecule has 0 spiro atoms. The Bertz CT molecular complexity index is 1140. The first kappa shape index (κ1) is 27.0. The maximum Gasteiger partial charge on any atom is 0.508 e. The minimum absolute atomic E-state index is 0.231. The molecule has 5 atom stereocenters. The summed E-state index contributed by atoms with van der Waals surface area (Å²) in [5.41, 5.74) is 2.47.